The van der Waals surface area contributed by atoms with Gasteiger partial charge < -0.3 is 28.8 Å². The minimum Gasteiger partial charge on any atom is -0.487 e. The van der Waals surface area contributed by atoms with Gasteiger partial charge in [-0.1, -0.05) is 37.9 Å². The van der Waals surface area contributed by atoms with Crippen molar-refractivity contribution < 1.29 is 38.4 Å². The average molecular weight is 497 g/mol. The maximum atomic E-state index is 11.7. The third kappa shape index (κ3) is 9.05. The van der Waals surface area contributed by atoms with E-state index in [4.69, 9.17) is 23.7 Å². The van der Waals surface area contributed by atoms with Crippen LogP contribution in [0.4, 0.5) is 0 Å². The van der Waals surface area contributed by atoms with E-state index < -0.39 is 18.2 Å². The first kappa shape index (κ1) is 28.4. The summed E-state index contributed by atoms with van der Waals surface area (Å²) in [4.78, 5) is 23.3. The average Bonchev–Trinajstić information content (AvgIpc) is 2.84. The number of carbonyl (C=O) groups is 2. The van der Waals surface area contributed by atoms with Crippen LogP contribution in [0.2, 0.25) is 0 Å². The molecule has 2 aromatic carbocycles. The minimum atomic E-state index is -1.06. The van der Waals surface area contributed by atoms with Crippen LogP contribution in [0, 0.1) is 0 Å². The Bertz CT molecular complexity index is 1100. The second-order valence-electron chi connectivity index (χ2n) is 8.04. The molecule has 0 radical (unpaired) electrons. The lowest BCUT2D eigenvalue weighted by Gasteiger charge is -2.16. The van der Waals surface area contributed by atoms with Gasteiger partial charge >= 0.3 is 11.9 Å². The van der Waals surface area contributed by atoms with Crippen LogP contribution in [-0.4, -0.2) is 49.8 Å². The number of carbonyl (C=O) groups excluding carboxylic acids is 2. The molecular weight excluding hydrogens is 464 g/mol. The van der Waals surface area contributed by atoms with Gasteiger partial charge in [0, 0.05) is 11.1 Å². The molecule has 1 atom stereocenters. The Hall–Kier alpha value is -3.88. The molecule has 0 aliphatic heterocycles. The number of aliphatic hydroxyl groups is 1. The Morgan fingerprint density at radius 1 is 0.778 bits per heavy atom. The summed E-state index contributed by atoms with van der Waals surface area (Å²) in [7, 11) is 0. The van der Waals surface area contributed by atoms with Crippen LogP contribution >= 0.6 is 0 Å². The van der Waals surface area contributed by atoms with E-state index in [2.05, 4.69) is 19.7 Å². The highest BCUT2D eigenvalue weighted by Crippen LogP contribution is 2.33. The summed E-state index contributed by atoms with van der Waals surface area (Å²) in [6.07, 6.45) is -1.06. The molecule has 0 aromatic heterocycles. The number of esters is 2. The van der Waals surface area contributed by atoms with E-state index >= 15 is 0 Å². The Labute approximate surface area is 211 Å². The van der Waals surface area contributed by atoms with Crippen LogP contribution in [-0.2, 0) is 19.1 Å². The van der Waals surface area contributed by atoms with Gasteiger partial charge in [0.05, 0.1) is 6.61 Å². The fourth-order valence-electron chi connectivity index (χ4n) is 2.69. The van der Waals surface area contributed by atoms with E-state index in [0.717, 1.165) is 11.1 Å². The fraction of sp³-hybridized carbons (Fsp3) is 0.286. The first-order valence-electron chi connectivity index (χ1n) is 11.2. The Morgan fingerprint density at radius 2 is 1.36 bits per heavy atom. The number of benzene rings is 2. The van der Waals surface area contributed by atoms with Crippen molar-refractivity contribution in [3.63, 3.8) is 0 Å². The zero-order chi connectivity index (χ0) is 26.7. The molecule has 192 valence electrons. The second kappa shape index (κ2) is 13.9. The molecule has 8 nitrogen and oxygen atoms in total. The van der Waals surface area contributed by atoms with E-state index in [1.54, 1.807) is 45.0 Å². The fourth-order valence-corrected chi connectivity index (χ4v) is 2.69. The van der Waals surface area contributed by atoms with Gasteiger partial charge in [-0.15, -0.1) is 0 Å². The molecule has 2 rings (SSSR count). The Morgan fingerprint density at radius 3 is 1.97 bits per heavy atom. The number of ether oxygens (including phenoxy) is 5. The van der Waals surface area contributed by atoms with E-state index in [-0.39, 0.29) is 26.4 Å². The van der Waals surface area contributed by atoms with Gasteiger partial charge in [0.1, 0.15) is 25.6 Å². The summed E-state index contributed by atoms with van der Waals surface area (Å²) in [5, 5.41) is 9.68. The number of aliphatic hydroxyl groups excluding tert-OH is 1. The molecule has 2 aromatic rings. The van der Waals surface area contributed by atoms with Gasteiger partial charge in [-0.2, -0.15) is 0 Å². The zero-order valence-corrected chi connectivity index (χ0v) is 20.9. The predicted molar refractivity (Wildman–Crippen MR) is 136 cm³/mol. The highest BCUT2D eigenvalue weighted by molar-refractivity contribution is 5.89. The minimum absolute atomic E-state index is 0.0338. The van der Waals surface area contributed by atoms with Crippen molar-refractivity contribution in [3.05, 3.63) is 78.9 Å². The molecule has 0 bridgehead atoms. The zero-order valence-electron chi connectivity index (χ0n) is 20.9. The molecule has 0 spiro atoms. The molecule has 8 heteroatoms. The third-order valence-electron chi connectivity index (χ3n) is 4.65. The van der Waals surface area contributed by atoms with E-state index in [1.807, 2.05) is 18.2 Å². The predicted octanol–water partition coefficient (Wildman–Crippen LogP) is 4.62. The molecule has 0 saturated heterocycles. The van der Waals surface area contributed by atoms with Crippen molar-refractivity contribution in [1.82, 2.24) is 0 Å². The smallest absolute Gasteiger partial charge is 0.338 e. The van der Waals surface area contributed by atoms with Crippen molar-refractivity contribution in [3.8, 4) is 28.4 Å². The molecule has 0 aliphatic carbocycles. The maximum absolute atomic E-state index is 11.7. The summed E-state index contributed by atoms with van der Waals surface area (Å²) in [5.74, 6) is 0.290. The molecule has 36 heavy (non-hydrogen) atoms. The number of rotatable bonds is 14. The van der Waals surface area contributed by atoms with Crippen molar-refractivity contribution in [2.24, 2.45) is 0 Å². The van der Waals surface area contributed by atoms with Gasteiger partial charge in [-0.25, -0.2) is 9.59 Å². The lowest BCUT2D eigenvalue weighted by molar-refractivity contribution is -0.139. The van der Waals surface area contributed by atoms with Crippen molar-refractivity contribution in [2.75, 3.05) is 26.4 Å². The second-order valence-corrected chi connectivity index (χ2v) is 8.04. The standard InChI is InChI=1S/C28H32O8/c1-18(2)26(29)34-15-13-32-24-12-9-22(17-25(24)33-14-16-35-27(30)19(3)4)21-7-10-23(11-8-21)36-28(31)20(5)6/h7-12,17,26,29H,1,3,5,13-16H2,2,4,6H3. The molecule has 0 aliphatic rings. The summed E-state index contributed by atoms with van der Waals surface area (Å²) < 4.78 is 27.2. The highest BCUT2D eigenvalue weighted by Gasteiger charge is 2.12. The van der Waals surface area contributed by atoms with Crippen molar-refractivity contribution in [1.29, 1.82) is 0 Å². The van der Waals surface area contributed by atoms with Gasteiger partial charge in [-0.05, 0) is 61.7 Å². The summed E-state index contributed by atoms with van der Waals surface area (Å²) in [5.41, 5.74) is 2.78. The van der Waals surface area contributed by atoms with Crippen molar-refractivity contribution in [2.45, 2.75) is 27.1 Å². The van der Waals surface area contributed by atoms with Crippen LogP contribution < -0.4 is 14.2 Å². The number of hydrogen-bond donors (Lipinski definition) is 1. The first-order chi connectivity index (χ1) is 17.1. The maximum Gasteiger partial charge on any atom is 0.338 e. The van der Waals surface area contributed by atoms with Gasteiger partial charge in [0.2, 0.25) is 0 Å². The third-order valence-corrected chi connectivity index (χ3v) is 4.65. The van der Waals surface area contributed by atoms with E-state index in [9.17, 15) is 14.7 Å². The lowest BCUT2D eigenvalue weighted by atomic mass is 10.0. The van der Waals surface area contributed by atoms with Gasteiger partial charge in [0.25, 0.3) is 0 Å². The Balaban J connectivity index is 2.13. The summed E-state index contributed by atoms with van der Waals surface area (Å²) in [6, 6.07) is 12.4. The van der Waals surface area contributed by atoms with E-state index in [0.29, 0.717) is 34.0 Å². The molecule has 0 heterocycles. The normalized spacial score (nSPS) is 11.2. The highest BCUT2D eigenvalue weighted by atomic mass is 16.6. The van der Waals surface area contributed by atoms with Crippen LogP contribution in [0.1, 0.15) is 20.8 Å². The SMILES string of the molecule is C=C(C)C(=O)OCCOc1cc(-c2ccc(OC(=O)C(=C)C)cc2)ccc1OCCOC(O)C(=C)C. The van der Waals surface area contributed by atoms with Crippen LogP contribution in [0.15, 0.2) is 78.9 Å². The summed E-state index contributed by atoms with van der Waals surface area (Å²) in [6.45, 7) is 16.0. The molecule has 0 amide bonds. The largest absolute Gasteiger partial charge is 0.487 e. The molecule has 1 N–H and O–H groups in total. The topological polar surface area (TPSA) is 101 Å². The van der Waals surface area contributed by atoms with E-state index in [1.165, 1.54) is 0 Å². The monoisotopic (exact) mass is 496 g/mol. The number of hydrogen-bond acceptors (Lipinski definition) is 8. The van der Waals surface area contributed by atoms with Crippen LogP contribution in [0.5, 0.6) is 17.2 Å². The summed E-state index contributed by atoms with van der Waals surface area (Å²) >= 11 is 0. The van der Waals surface area contributed by atoms with Crippen molar-refractivity contribution >= 4 is 11.9 Å². The molecule has 1 unspecified atom stereocenters. The van der Waals surface area contributed by atoms with Crippen LogP contribution in [0.3, 0.4) is 0 Å². The molecule has 0 fully saturated rings. The first-order valence-corrected chi connectivity index (χ1v) is 11.2. The lowest BCUT2D eigenvalue weighted by Crippen LogP contribution is -2.17. The van der Waals surface area contributed by atoms with Gasteiger partial charge in [0.15, 0.2) is 17.8 Å². The quantitative estimate of drug-likeness (QED) is 0.101. The Kier molecular flexibility index (Phi) is 10.9. The molecule has 0 saturated carbocycles. The van der Waals surface area contributed by atoms with Gasteiger partial charge in [-0.3, -0.25) is 0 Å². The molecular formula is C28H32O8. The van der Waals surface area contributed by atoms with Crippen LogP contribution in [0.25, 0.3) is 11.1 Å².